The molecule has 5 heteroatoms. The van der Waals surface area contributed by atoms with Gasteiger partial charge in [-0.2, -0.15) is 0 Å². The van der Waals surface area contributed by atoms with E-state index < -0.39 is 0 Å². The third-order valence-electron chi connectivity index (χ3n) is 2.71. The molecule has 0 saturated carbocycles. The maximum atomic E-state index is 11.2. The maximum Gasteiger partial charge on any atom is 0.221 e. The van der Waals surface area contributed by atoms with E-state index in [9.17, 15) is 4.79 Å². The van der Waals surface area contributed by atoms with Crippen molar-refractivity contribution in [3.05, 3.63) is 18.2 Å². The number of ether oxygens (including phenoxy) is 1. The number of nitrogens with zero attached hydrogens (tertiary/aromatic N) is 1. The van der Waals surface area contributed by atoms with Gasteiger partial charge in [0.15, 0.2) is 0 Å². The molecule has 0 atom stereocenters. The highest BCUT2D eigenvalue weighted by Gasteiger charge is 2.10. The molecule has 0 aliphatic carbocycles. The summed E-state index contributed by atoms with van der Waals surface area (Å²) in [5, 5.41) is 2.60. The summed E-state index contributed by atoms with van der Waals surface area (Å²) < 4.78 is 5.44. The number of para-hydroxylation sites is 1. The van der Waals surface area contributed by atoms with E-state index in [0.717, 1.165) is 5.69 Å². The zero-order chi connectivity index (χ0) is 13.5. The predicted molar refractivity (Wildman–Crippen MR) is 74.0 cm³/mol. The number of nitrogens with two attached hydrogens (primary N) is 1. The second-order valence-corrected chi connectivity index (χ2v) is 3.97. The normalized spacial score (nSPS) is 9.94. The van der Waals surface area contributed by atoms with Crippen molar-refractivity contribution in [1.29, 1.82) is 0 Å². The van der Waals surface area contributed by atoms with Crippen LogP contribution in [0.2, 0.25) is 0 Å². The van der Waals surface area contributed by atoms with E-state index >= 15 is 0 Å². The van der Waals surface area contributed by atoms with Crippen LogP contribution in [0, 0.1) is 0 Å². The van der Waals surface area contributed by atoms with Crippen LogP contribution in [0.5, 0.6) is 5.75 Å². The average Bonchev–Trinajstić information content (AvgIpc) is 2.38. The zero-order valence-electron chi connectivity index (χ0n) is 11.2. The highest BCUT2D eigenvalue weighted by atomic mass is 16.5. The summed E-state index contributed by atoms with van der Waals surface area (Å²) in [6.07, 6.45) is 0.436. The number of hydrogen-bond acceptors (Lipinski definition) is 4. The monoisotopic (exact) mass is 251 g/mol. The molecule has 1 rings (SSSR count). The first-order valence-electron chi connectivity index (χ1n) is 6.03. The molecule has 0 saturated heterocycles. The molecule has 0 unspecified atom stereocenters. The molecule has 0 radical (unpaired) electrons. The fourth-order valence-corrected chi connectivity index (χ4v) is 1.66. The van der Waals surface area contributed by atoms with Crippen molar-refractivity contribution in [1.82, 2.24) is 5.32 Å². The predicted octanol–water partition coefficient (Wildman–Crippen LogP) is 1.24. The van der Waals surface area contributed by atoms with E-state index in [1.54, 1.807) is 7.05 Å². The van der Waals surface area contributed by atoms with Gasteiger partial charge in [-0.05, 0) is 19.1 Å². The maximum absolute atomic E-state index is 11.2. The number of carbonyl (C=O) groups is 1. The number of nitrogens with one attached hydrogen (secondary N) is 1. The summed E-state index contributed by atoms with van der Waals surface area (Å²) in [6, 6.07) is 5.66. The van der Waals surface area contributed by atoms with Crippen molar-refractivity contribution in [2.45, 2.75) is 13.3 Å². The minimum absolute atomic E-state index is 0.0152. The van der Waals surface area contributed by atoms with Crippen molar-refractivity contribution >= 4 is 17.3 Å². The number of amides is 1. The molecule has 0 aliphatic rings. The Labute approximate surface area is 108 Å². The van der Waals surface area contributed by atoms with E-state index in [4.69, 9.17) is 10.5 Å². The Hall–Kier alpha value is -1.91. The van der Waals surface area contributed by atoms with Crippen molar-refractivity contribution in [3.8, 4) is 5.75 Å². The topological polar surface area (TPSA) is 67.6 Å². The van der Waals surface area contributed by atoms with E-state index in [-0.39, 0.29) is 5.91 Å². The van der Waals surface area contributed by atoms with Crippen LogP contribution < -0.4 is 20.7 Å². The first-order valence-corrected chi connectivity index (χ1v) is 6.03. The van der Waals surface area contributed by atoms with Crippen LogP contribution in [-0.2, 0) is 4.79 Å². The number of carbonyl (C=O) groups excluding carboxylic acids is 1. The van der Waals surface area contributed by atoms with Gasteiger partial charge < -0.3 is 20.7 Å². The van der Waals surface area contributed by atoms with Gasteiger partial charge in [-0.3, -0.25) is 4.79 Å². The van der Waals surface area contributed by atoms with Crippen LogP contribution in [0.3, 0.4) is 0 Å². The molecule has 0 aliphatic heterocycles. The summed E-state index contributed by atoms with van der Waals surface area (Å²) >= 11 is 0. The number of hydrogen-bond donors (Lipinski definition) is 2. The van der Waals surface area contributed by atoms with Crippen molar-refractivity contribution in [2.24, 2.45) is 0 Å². The Morgan fingerprint density at radius 2 is 2.22 bits per heavy atom. The second-order valence-electron chi connectivity index (χ2n) is 3.97. The lowest BCUT2D eigenvalue weighted by molar-refractivity contribution is -0.120. The minimum atomic E-state index is 0.0152. The van der Waals surface area contributed by atoms with Gasteiger partial charge in [-0.1, -0.05) is 6.07 Å². The van der Waals surface area contributed by atoms with Gasteiger partial charge in [0.2, 0.25) is 5.91 Å². The molecule has 1 aromatic carbocycles. The van der Waals surface area contributed by atoms with Gasteiger partial charge in [0.1, 0.15) is 5.75 Å². The Bertz CT molecular complexity index is 407. The molecule has 0 aromatic heterocycles. The van der Waals surface area contributed by atoms with Gasteiger partial charge >= 0.3 is 0 Å². The Morgan fingerprint density at radius 3 is 2.83 bits per heavy atom. The molecular formula is C13H21N3O2. The van der Waals surface area contributed by atoms with Crippen molar-refractivity contribution in [2.75, 3.05) is 37.9 Å². The molecule has 5 nitrogen and oxygen atoms in total. The molecule has 3 N–H and O–H groups in total. The van der Waals surface area contributed by atoms with Gasteiger partial charge in [0, 0.05) is 27.1 Å². The molecule has 1 amide bonds. The van der Waals surface area contributed by atoms with Gasteiger partial charge in [-0.25, -0.2) is 0 Å². The summed E-state index contributed by atoms with van der Waals surface area (Å²) in [7, 11) is 3.54. The molecule has 100 valence electrons. The Morgan fingerprint density at radius 1 is 1.50 bits per heavy atom. The first kappa shape index (κ1) is 14.2. The number of nitrogen functional groups attached to an aromatic ring is 1. The summed E-state index contributed by atoms with van der Waals surface area (Å²) in [5.74, 6) is 0.697. The number of rotatable bonds is 6. The molecule has 0 heterocycles. The van der Waals surface area contributed by atoms with Crippen LogP contribution in [0.15, 0.2) is 18.2 Å². The Kier molecular flexibility index (Phi) is 5.30. The van der Waals surface area contributed by atoms with Crippen molar-refractivity contribution in [3.63, 3.8) is 0 Å². The van der Waals surface area contributed by atoms with Gasteiger partial charge in [-0.15, -0.1) is 0 Å². The quantitative estimate of drug-likeness (QED) is 0.746. The van der Waals surface area contributed by atoms with Crippen molar-refractivity contribution < 1.29 is 9.53 Å². The van der Waals surface area contributed by atoms with Gasteiger partial charge in [0.25, 0.3) is 0 Å². The lowest BCUT2D eigenvalue weighted by atomic mass is 10.2. The second kappa shape index (κ2) is 6.74. The fourth-order valence-electron chi connectivity index (χ4n) is 1.66. The number of anilines is 2. The lowest BCUT2D eigenvalue weighted by Crippen LogP contribution is -2.26. The van der Waals surface area contributed by atoms with Crippen LogP contribution in [0.25, 0.3) is 0 Å². The molecule has 1 aromatic rings. The van der Waals surface area contributed by atoms with Crippen LogP contribution in [0.1, 0.15) is 13.3 Å². The Balaban J connectivity index is 2.76. The third-order valence-corrected chi connectivity index (χ3v) is 2.71. The molecule has 0 fully saturated rings. The fraction of sp³-hybridized carbons (Fsp3) is 0.462. The van der Waals surface area contributed by atoms with E-state index in [1.165, 1.54) is 0 Å². The highest BCUT2D eigenvalue weighted by molar-refractivity contribution is 5.77. The van der Waals surface area contributed by atoms with Crippen LogP contribution in [-0.4, -0.2) is 33.2 Å². The van der Waals surface area contributed by atoms with Gasteiger partial charge in [0.05, 0.1) is 18.0 Å². The average molecular weight is 251 g/mol. The SMILES string of the molecule is CCOc1cccc(N(C)CCC(=O)NC)c1N. The largest absolute Gasteiger partial charge is 0.492 e. The molecule has 18 heavy (non-hydrogen) atoms. The minimum Gasteiger partial charge on any atom is -0.492 e. The third kappa shape index (κ3) is 3.55. The number of benzene rings is 1. The van der Waals surface area contributed by atoms with E-state index in [2.05, 4.69) is 5.32 Å². The molecular weight excluding hydrogens is 230 g/mol. The first-order chi connectivity index (χ1) is 8.60. The molecule has 0 bridgehead atoms. The summed E-state index contributed by atoms with van der Waals surface area (Å²) in [4.78, 5) is 13.2. The standard InChI is InChI=1S/C13H21N3O2/c1-4-18-11-7-5-6-10(13(11)14)16(3)9-8-12(17)15-2/h5-7H,4,8-9,14H2,1-3H3,(H,15,17). The van der Waals surface area contributed by atoms with E-state index in [1.807, 2.05) is 37.1 Å². The van der Waals surface area contributed by atoms with E-state index in [0.29, 0.717) is 31.0 Å². The zero-order valence-corrected chi connectivity index (χ0v) is 11.2. The highest BCUT2D eigenvalue weighted by Crippen LogP contribution is 2.31. The molecule has 0 spiro atoms. The summed E-state index contributed by atoms with van der Waals surface area (Å²) in [5.41, 5.74) is 7.53. The van der Waals surface area contributed by atoms with Crippen LogP contribution in [0.4, 0.5) is 11.4 Å². The summed E-state index contributed by atoms with van der Waals surface area (Å²) in [6.45, 7) is 3.11. The van der Waals surface area contributed by atoms with Crippen LogP contribution >= 0.6 is 0 Å². The lowest BCUT2D eigenvalue weighted by Gasteiger charge is -2.22. The smallest absolute Gasteiger partial charge is 0.221 e.